The first-order valence-corrected chi connectivity index (χ1v) is 12.0. The molecule has 2 aromatic heterocycles. The third kappa shape index (κ3) is 5.80. The molecule has 0 radical (unpaired) electrons. The molecule has 1 saturated heterocycles. The number of carbonyl (C=O) groups excluding carboxylic acids is 1. The van der Waals surface area contributed by atoms with E-state index in [-0.39, 0.29) is 52.9 Å². The number of nitrogens with zero attached hydrogens (tertiary/aromatic N) is 5. The third-order valence-corrected chi connectivity index (χ3v) is 6.57. The summed E-state index contributed by atoms with van der Waals surface area (Å²) in [5.41, 5.74) is 4.47. The van der Waals surface area contributed by atoms with Gasteiger partial charge in [0, 0.05) is 44.4 Å². The lowest BCUT2D eigenvalue weighted by Crippen LogP contribution is -2.44. The van der Waals surface area contributed by atoms with Crippen molar-refractivity contribution in [2.75, 3.05) is 44.5 Å². The lowest BCUT2D eigenvalue weighted by atomic mass is 9.86. The maximum atomic E-state index is 13.8. The van der Waals surface area contributed by atoms with Crippen LogP contribution in [0.15, 0.2) is 18.3 Å². The maximum absolute atomic E-state index is 13.8. The van der Waals surface area contributed by atoms with E-state index in [4.69, 9.17) is 15.2 Å². The number of alkyl halides is 3. The fourth-order valence-electron chi connectivity index (χ4n) is 4.64. The molecule has 2 aliphatic rings. The molecular formula is C24H31F3N6O3. The van der Waals surface area contributed by atoms with Gasteiger partial charge < -0.3 is 25.0 Å². The van der Waals surface area contributed by atoms with E-state index in [0.29, 0.717) is 45.4 Å². The van der Waals surface area contributed by atoms with Crippen molar-refractivity contribution in [2.24, 2.45) is 5.92 Å². The molecule has 36 heavy (non-hydrogen) atoms. The third-order valence-electron chi connectivity index (χ3n) is 6.57. The van der Waals surface area contributed by atoms with Gasteiger partial charge in [-0.1, -0.05) is 0 Å². The van der Waals surface area contributed by atoms with E-state index in [0.717, 1.165) is 12.3 Å². The number of anilines is 2. The molecule has 1 saturated carbocycles. The van der Waals surface area contributed by atoms with Crippen LogP contribution >= 0.6 is 0 Å². The molecule has 1 aliphatic carbocycles. The number of carbonyl (C=O) groups is 1. The van der Waals surface area contributed by atoms with Crippen LogP contribution in [-0.4, -0.2) is 71.8 Å². The van der Waals surface area contributed by atoms with Crippen molar-refractivity contribution in [3.8, 4) is 17.1 Å². The van der Waals surface area contributed by atoms with Crippen molar-refractivity contribution in [1.29, 1.82) is 0 Å². The van der Waals surface area contributed by atoms with E-state index in [1.807, 2.05) is 11.8 Å². The molecule has 3 heterocycles. The number of morpholine rings is 1. The fraction of sp³-hybridized carbons (Fsp3) is 0.583. The summed E-state index contributed by atoms with van der Waals surface area (Å²) < 4.78 is 53.2. The van der Waals surface area contributed by atoms with Crippen molar-refractivity contribution >= 4 is 17.7 Å². The molecule has 1 atom stereocenters. The van der Waals surface area contributed by atoms with E-state index < -0.39 is 11.7 Å². The van der Waals surface area contributed by atoms with Gasteiger partial charge in [-0.15, -0.1) is 0 Å². The summed E-state index contributed by atoms with van der Waals surface area (Å²) in [5, 5.41) is 0. The van der Waals surface area contributed by atoms with Gasteiger partial charge in [-0.05, 0) is 38.7 Å². The second-order valence-electron chi connectivity index (χ2n) is 9.49. The number of rotatable bonds is 5. The van der Waals surface area contributed by atoms with E-state index in [1.54, 1.807) is 19.0 Å². The van der Waals surface area contributed by atoms with E-state index in [1.165, 1.54) is 6.07 Å². The minimum absolute atomic E-state index is 0.0463. The molecule has 0 spiro atoms. The van der Waals surface area contributed by atoms with Crippen LogP contribution in [-0.2, 0) is 15.7 Å². The average Bonchev–Trinajstić information content (AvgIpc) is 2.83. The number of amides is 1. The number of nitrogen functional groups attached to an aromatic ring is 1. The molecule has 2 aromatic rings. The molecule has 1 aliphatic heterocycles. The van der Waals surface area contributed by atoms with Gasteiger partial charge in [-0.3, -0.25) is 4.79 Å². The normalized spacial score (nSPS) is 22.8. The summed E-state index contributed by atoms with van der Waals surface area (Å²) in [6.07, 6.45) is -1.15. The van der Waals surface area contributed by atoms with Crippen molar-refractivity contribution < 1.29 is 27.4 Å². The van der Waals surface area contributed by atoms with Gasteiger partial charge in [0.2, 0.25) is 17.7 Å². The summed E-state index contributed by atoms with van der Waals surface area (Å²) in [4.78, 5) is 28.7. The van der Waals surface area contributed by atoms with Crippen LogP contribution in [0.1, 0.15) is 38.2 Å². The van der Waals surface area contributed by atoms with Crippen LogP contribution in [0, 0.1) is 5.92 Å². The molecule has 0 unspecified atom stereocenters. The molecule has 12 heteroatoms. The molecule has 2 N–H and O–H groups in total. The molecule has 4 rings (SSSR count). The smallest absolute Gasteiger partial charge is 0.417 e. The number of ether oxygens (including phenoxy) is 2. The second kappa shape index (κ2) is 10.5. The lowest BCUT2D eigenvalue weighted by Gasteiger charge is -2.34. The highest BCUT2D eigenvalue weighted by molar-refractivity contribution is 5.78. The zero-order valence-corrected chi connectivity index (χ0v) is 20.6. The van der Waals surface area contributed by atoms with Gasteiger partial charge in [0.1, 0.15) is 11.9 Å². The Balaban J connectivity index is 1.66. The zero-order chi connectivity index (χ0) is 26.0. The summed E-state index contributed by atoms with van der Waals surface area (Å²) in [6, 6.07) is 2.15. The van der Waals surface area contributed by atoms with Gasteiger partial charge in [-0.25, -0.2) is 9.97 Å². The van der Waals surface area contributed by atoms with Crippen molar-refractivity contribution in [3.05, 3.63) is 23.9 Å². The summed E-state index contributed by atoms with van der Waals surface area (Å²) in [7, 11) is 3.48. The summed E-state index contributed by atoms with van der Waals surface area (Å²) in [6.45, 7) is 3.33. The van der Waals surface area contributed by atoms with Crippen molar-refractivity contribution in [3.63, 3.8) is 0 Å². The first-order chi connectivity index (χ1) is 17.0. The van der Waals surface area contributed by atoms with Crippen LogP contribution < -0.4 is 15.4 Å². The first-order valence-electron chi connectivity index (χ1n) is 12.0. The molecule has 196 valence electrons. The van der Waals surface area contributed by atoms with Crippen LogP contribution in [0.5, 0.6) is 5.88 Å². The Bertz CT molecular complexity index is 1090. The SMILES string of the molecule is C[C@H]1COCCN1c1nc(OC2CCC(C(=O)N(C)C)CC2)cc(-c2cnc(N)cc2C(F)(F)F)n1. The molecule has 0 aromatic carbocycles. The summed E-state index contributed by atoms with van der Waals surface area (Å²) in [5.74, 6) is 0.251. The minimum Gasteiger partial charge on any atom is -0.474 e. The monoisotopic (exact) mass is 508 g/mol. The number of halogens is 3. The number of nitrogens with two attached hydrogens (primary N) is 1. The number of pyridine rings is 1. The highest BCUT2D eigenvalue weighted by Crippen LogP contribution is 2.38. The zero-order valence-electron chi connectivity index (χ0n) is 20.6. The highest BCUT2D eigenvalue weighted by atomic mass is 19.4. The van der Waals surface area contributed by atoms with Gasteiger partial charge >= 0.3 is 6.18 Å². The Morgan fingerprint density at radius 2 is 1.92 bits per heavy atom. The quantitative estimate of drug-likeness (QED) is 0.655. The standard InChI is InChI=1S/C24H31F3N6O3/c1-14-13-35-9-8-33(14)23-30-19(17-12-29-20(28)10-18(17)24(25,26)27)11-21(31-23)36-16-6-4-15(5-7-16)22(34)32(2)3/h10-12,14-16H,4-9,13H2,1-3H3,(H2,28,29)/t14-,15?,16?/m0/s1. The Morgan fingerprint density at radius 1 is 1.19 bits per heavy atom. The number of hydrogen-bond donors (Lipinski definition) is 1. The predicted molar refractivity (Wildman–Crippen MR) is 127 cm³/mol. The first kappa shape index (κ1) is 25.9. The second-order valence-corrected chi connectivity index (χ2v) is 9.49. The average molecular weight is 509 g/mol. The number of hydrogen-bond acceptors (Lipinski definition) is 8. The largest absolute Gasteiger partial charge is 0.474 e. The van der Waals surface area contributed by atoms with Crippen LogP contribution in [0.2, 0.25) is 0 Å². The van der Waals surface area contributed by atoms with Crippen LogP contribution in [0.25, 0.3) is 11.3 Å². The van der Waals surface area contributed by atoms with E-state index in [2.05, 4.69) is 15.0 Å². The fourth-order valence-corrected chi connectivity index (χ4v) is 4.64. The number of aromatic nitrogens is 3. The van der Waals surface area contributed by atoms with Gasteiger partial charge in [0.25, 0.3) is 0 Å². The van der Waals surface area contributed by atoms with Gasteiger partial charge in [-0.2, -0.15) is 18.2 Å². The van der Waals surface area contributed by atoms with E-state index in [9.17, 15) is 18.0 Å². The molecular weight excluding hydrogens is 477 g/mol. The summed E-state index contributed by atoms with van der Waals surface area (Å²) >= 11 is 0. The highest BCUT2D eigenvalue weighted by Gasteiger charge is 2.36. The molecule has 0 bridgehead atoms. The molecule has 2 fully saturated rings. The molecule has 1 amide bonds. The Morgan fingerprint density at radius 3 is 2.56 bits per heavy atom. The van der Waals surface area contributed by atoms with Crippen LogP contribution in [0.4, 0.5) is 24.9 Å². The topological polar surface area (TPSA) is 107 Å². The lowest BCUT2D eigenvalue weighted by molar-refractivity contribution is -0.137. The Labute approximate surface area is 207 Å². The van der Waals surface area contributed by atoms with Gasteiger partial charge in [0.15, 0.2) is 0 Å². The molecule has 9 nitrogen and oxygen atoms in total. The predicted octanol–water partition coefficient (Wildman–Crippen LogP) is 3.39. The Kier molecular flexibility index (Phi) is 7.53. The van der Waals surface area contributed by atoms with Crippen molar-refractivity contribution in [1.82, 2.24) is 19.9 Å². The maximum Gasteiger partial charge on any atom is 0.417 e. The Hall–Kier alpha value is -3.15. The van der Waals surface area contributed by atoms with E-state index >= 15 is 0 Å². The minimum atomic E-state index is -4.65. The van der Waals surface area contributed by atoms with Crippen LogP contribution in [0.3, 0.4) is 0 Å². The van der Waals surface area contributed by atoms with Crippen molar-refractivity contribution in [2.45, 2.75) is 50.9 Å². The van der Waals surface area contributed by atoms with Gasteiger partial charge in [0.05, 0.1) is 30.5 Å².